The third kappa shape index (κ3) is 4.29. The van der Waals surface area contributed by atoms with Gasteiger partial charge in [-0.05, 0) is 64.6 Å². The number of thiol groups is 1. The molecule has 1 aromatic heterocycles. The molecule has 35 heavy (non-hydrogen) atoms. The predicted molar refractivity (Wildman–Crippen MR) is 143 cm³/mol. The van der Waals surface area contributed by atoms with E-state index in [0.717, 1.165) is 42.7 Å². The van der Waals surface area contributed by atoms with Crippen LogP contribution < -0.4 is 4.90 Å². The maximum absolute atomic E-state index is 13.7. The fraction of sp³-hybridized carbons (Fsp3) is 0.333. The molecule has 2 aromatic carbocycles. The zero-order valence-corrected chi connectivity index (χ0v) is 21.9. The van der Waals surface area contributed by atoms with E-state index in [0.29, 0.717) is 16.7 Å². The maximum Gasteiger partial charge on any atom is 0.248 e. The number of anilines is 1. The first-order valence-corrected chi connectivity index (χ1v) is 13.4. The molecule has 0 aliphatic carbocycles. The van der Waals surface area contributed by atoms with E-state index < -0.39 is 11.5 Å². The molecule has 2 saturated heterocycles. The molecule has 0 radical (unpaired) electrons. The van der Waals surface area contributed by atoms with Crippen molar-refractivity contribution < 1.29 is 14.3 Å². The zero-order valence-electron chi connectivity index (χ0n) is 19.4. The number of thiophene rings is 1. The van der Waals surface area contributed by atoms with Crippen molar-refractivity contribution in [3.05, 3.63) is 87.1 Å². The number of hydrogen-bond donors (Lipinski definition) is 1. The normalized spacial score (nSPS) is 23.7. The number of ketones is 1. The number of rotatable bonds is 5. The summed E-state index contributed by atoms with van der Waals surface area (Å²) < 4.78 is 6.94. The maximum atomic E-state index is 13.7. The Kier molecular flexibility index (Phi) is 6.95. The third-order valence-corrected chi connectivity index (χ3v) is 8.84. The lowest BCUT2D eigenvalue weighted by Crippen LogP contribution is -2.54. The Bertz CT molecular complexity index is 1210. The van der Waals surface area contributed by atoms with Crippen LogP contribution in [0.15, 0.2) is 65.4 Å². The van der Waals surface area contributed by atoms with Crippen LogP contribution in [0, 0.1) is 0 Å². The highest BCUT2D eigenvalue weighted by Crippen LogP contribution is 2.48. The first-order valence-electron chi connectivity index (χ1n) is 11.7. The van der Waals surface area contributed by atoms with E-state index in [-0.39, 0.29) is 18.1 Å². The molecule has 2 aliphatic heterocycles. The topological polar surface area (TPSA) is 49.9 Å². The van der Waals surface area contributed by atoms with Crippen molar-refractivity contribution in [2.24, 2.45) is 0 Å². The smallest absolute Gasteiger partial charge is 0.248 e. The van der Waals surface area contributed by atoms with E-state index >= 15 is 0 Å². The Balaban J connectivity index is 1.50. The van der Waals surface area contributed by atoms with Gasteiger partial charge in [0.05, 0.1) is 6.10 Å². The zero-order chi connectivity index (χ0) is 24.6. The lowest BCUT2D eigenvalue weighted by Gasteiger charge is -2.46. The van der Waals surface area contributed by atoms with Crippen LogP contribution >= 0.6 is 35.8 Å². The van der Waals surface area contributed by atoms with E-state index in [4.69, 9.17) is 29.2 Å². The van der Waals surface area contributed by atoms with Gasteiger partial charge < -0.3 is 9.64 Å². The van der Waals surface area contributed by atoms with Crippen LogP contribution in [0.25, 0.3) is 0 Å². The molecule has 5 rings (SSSR count). The largest absolute Gasteiger partial charge is 0.381 e. The molecule has 5 nitrogen and oxygen atoms in total. The van der Waals surface area contributed by atoms with Gasteiger partial charge in [0, 0.05) is 37.3 Å². The van der Waals surface area contributed by atoms with E-state index in [1.54, 1.807) is 31.4 Å². The number of ether oxygens (including phenoxy) is 1. The molecule has 3 heterocycles. The minimum Gasteiger partial charge on any atom is -0.381 e. The minimum atomic E-state index is -0.989. The summed E-state index contributed by atoms with van der Waals surface area (Å²) in [5.74, 6) is -1.49. The molecule has 2 aliphatic rings. The van der Waals surface area contributed by atoms with Crippen molar-refractivity contribution in [3.8, 4) is 0 Å². The Hall–Kier alpha value is -2.32. The molecule has 1 amide bonds. The number of carbonyl (C=O) groups excluding carboxylic acids is 2. The molecule has 2 atom stereocenters. The molecular weight excluding hydrogens is 500 g/mol. The van der Waals surface area contributed by atoms with Gasteiger partial charge in [-0.3, -0.25) is 13.9 Å². The molecule has 8 heteroatoms. The van der Waals surface area contributed by atoms with Crippen LogP contribution in [-0.2, 0) is 19.9 Å². The van der Waals surface area contributed by atoms with Crippen LogP contribution in [0.5, 0.6) is 0 Å². The van der Waals surface area contributed by atoms with E-state index in [1.807, 2.05) is 29.0 Å². The average Bonchev–Trinajstić information content (AvgIpc) is 3.43. The molecule has 182 valence electrons. The van der Waals surface area contributed by atoms with Crippen molar-refractivity contribution in [2.75, 3.05) is 25.1 Å². The summed E-state index contributed by atoms with van der Waals surface area (Å²) in [5, 5.41) is 4.36. The lowest BCUT2D eigenvalue weighted by atomic mass is 9.73. The summed E-state index contributed by atoms with van der Waals surface area (Å²) in [6.07, 6.45) is 2.42. The number of hydrogen-bond acceptors (Lipinski definition) is 6. The Morgan fingerprint density at radius 1 is 1.03 bits per heavy atom. The Morgan fingerprint density at radius 2 is 1.74 bits per heavy atom. The van der Waals surface area contributed by atoms with Crippen LogP contribution in [-0.4, -0.2) is 42.3 Å². The Labute approximate surface area is 220 Å². The summed E-state index contributed by atoms with van der Waals surface area (Å²) in [6.45, 7) is 1.87. The number of halogens is 1. The molecule has 0 saturated carbocycles. The van der Waals surface area contributed by atoms with Crippen molar-refractivity contribution in [2.45, 2.75) is 36.8 Å². The van der Waals surface area contributed by atoms with Crippen LogP contribution in [0.3, 0.4) is 0 Å². The second-order valence-corrected chi connectivity index (χ2v) is 10.7. The molecule has 2 unspecified atom stereocenters. The van der Waals surface area contributed by atoms with E-state index in [9.17, 15) is 9.59 Å². The number of benzene rings is 2. The number of nitrogens with zero attached hydrogens (tertiary/aromatic N) is 2. The fourth-order valence-corrected chi connectivity index (χ4v) is 6.69. The number of amides is 1. The molecule has 3 aromatic rings. The predicted octanol–water partition coefficient (Wildman–Crippen LogP) is 5.69. The van der Waals surface area contributed by atoms with Crippen molar-refractivity contribution in [1.82, 2.24) is 4.31 Å². The highest BCUT2D eigenvalue weighted by molar-refractivity contribution is 7.78. The van der Waals surface area contributed by atoms with Gasteiger partial charge in [0.25, 0.3) is 0 Å². The number of Topliss-reactive ketones (excluding diaryl/α,β-unsaturated/α-hetero) is 1. The second-order valence-electron chi connectivity index (χ2n) is 9.09. The van der Waals surface area contributed by atoms with Crippen LogP contribution in [0.2, 0.25) is 5.02 Å². The molecule has 0 N–H and O–H groups in total. The second kappa shape index (κ2) is 9.97. The Morgan fingerprint density at radius 3 is 2.37 bits per heavy atom. The summed E-state index contributed by atoms with van der Waals surface area (Å²) in [4.78, 5) is 29.7. The highest BCUT2D eigenvalue weighted by Gasteiger charge is 2.52. The van der Waals surface area contributed by atoms with Crippen molar-refractivity contribution in [1.29, 1.82) is 0 Å². The number of methoxy groups -OCH3 is 1. The van der Waals surface area contributed by atoms with Gasteiger partial charge in [-0.2, -0.15) is 11.3 Å². The standard InChI is InChI=1S/C27H27ClN2O3S2/c1-33-21-10-13-29(14-11-21)20-8-6-18(7-9-20)27(19-12-15-35-17-19)16-24(31)25(26(32)30(27)34)22-4-2-3-5-23(22)28/h2-9,12,15,17,21,25,34H,10-11,13-14,16H2,1H3. The highest BCUT2D eigenvalue weighted by atomic mass is 35.5. The fourth-order valence-electron chi connectivity index (χ4n) is 5.31. The first-order chi connectivity index (χ1) is 17.0. The van der Waals surface area contributed by atoms with Crippen LogP contribution in [0.4, 0.5) is 5.69 Å². The summed E-state index contributed by atoms with van der Waals surface area (Å²) in [7, 11) is 1.77. The van der Waals surface area contributed by atoms with E-state index in [1.165, 1.54) is 15.6 Å². The SMILES string of the molecule is COC1CCN(c2ccc(C3(c4ccsc4)CC(=O)C(c4ccccc4Cl)C(=O)N3S)cc2)CC1. The number of piperidine rings is 2. The van der Waals surface area contributed by atoms with Gasteiger partial charge in [0.2, 0.25) is 5.91 Å². The van der Waals surface area contributed by atoms with Gasteiger partial charge >= 0.3 is 0 Å². The van der Waals surface area contributed by atoms with Gasteiger partial charge in [-0.25, -0.2) is 0 Å². The van der Waals surface area contributed by atoms with Gasteiger partial charge in [-0.1, -0.05) is 54.7 Å². The summed E-state index contributed by atoms with van der Waals surface area (Å²) >= 11 is 12.6. The minimum absolute atomic E-state index is 0.118. The molecule has 2 fully saturated rings. The van der Waals surface area contributed by atoms with E-state index in [2.05, 4.69) is 17.0 Å². The van der Waals surface area contributed by atoms with Crippen molar-refractivity contribution >= 4 is 53.1 Å². The van der Waals surface area contributed by atoms with Crippen LogP contribution in [0.1, 0.15) is 41.9 Å². The molecular formula is C27H27ClN2O3S2. The van der Waals surface area contributed by atoms with Crippen molar-refractivity contribution in [3.63, 3.8) is 0 Å². The molecule has 0 bridgehead atoms. The van der Waals surface area contributed by atoms with Gasteiger partial charge in [-0.15, -0.1) is 0 Å². The number of carbonyl (C=O) groups is 2. The first kappa shape index (κ1) is 24.4. The monoisotopic (exact) mass is 526 g/mol. The van der Waals surface area contributed by atoms with Gasteiger partial charge in [0.15, 0.2) is 5.78 Å². The molecule has 0 spiro atoms. The third-order valence-electron chi connectivity index (χ3n) is 7.27. The lowest BCUT2D eigenvalue weighted by molar-refractivity contribution is -0.142. The average molecular weight is 527 g/mol. The summed E-state index contributed by atoms with van der Waals surface area (Å²) in [6, 6.07) is 17.2. The summed E-state index contributed by atoms with van der Waals surface area (Å²) in [5.41, 5.74) is 2.40. The van der Waals surface area contributed by atoms with Gasteiger partial charge in [0.1, 0.15) is 11.5 Å². The quantitative estimate of drug-likeness (QED) is 0.343.